The van der Waals surface area contributed by atoms with Crippen LogP contribution in [0, 0.1) is 6.92 Å². The minimum absolute atomic E-state index is 0.205. The molecule has 1 saturated heterocycles. The van der Waals surface area contributed by atoms with Gasteiger partial charge >= 0.3 is 13.2 Å². The van der Waals surface area contributed by atoms with E-state index in [9.17, 15) is 4.79 Å². The fourth-order valence-corrected chi connectivity index (χ4v) is 3.16. The topological polar surface area (TPSA) is 82.8 Å². The highest BCUT2D eigenvalue weighted by Gasteiger charge is 2.52. The average Bonchev–Trinajstić information content (AvgIpc) is 2.94. The smallest absolute Gasteiger partial charge is 0.445 e. The van der Waals surface area contributed by atoms with Crippen molar-refractivity contribution < 1.29 is 18.8 Å². The van der Waals surface area contributed by atoms with Crippen LogP contribution in [0.3, 0.4) is 0 Å². The third kappa shape index (κ3) is 5.68. The van der Waals surface area contributed by atoms with Crippen LogP contribution in [0.1, 0.15) is 44.4 Å². The van der Waals surface area contributed by atoms with Crippen molar-refractivity contribution in [3.63, 3.8) is 0 Å². The summed E-state index contributed by atoms with van der Waals surface area (Å²) in [4.78, 5) is 12.3. The summed E-state index contributed by atoms with van der Waals surface area (Å²) < 4.78 is 17.8. The van der Waals surface area contributed by atoms with Crippen molar-refractivity contribution in [1.29, 1.82) is 0 Å². The first-order chi connectivity index (χ1) is 14.6. The highest BCUT2D eigenvalue weighted by atomic mass is 16.7. The summed E-state index contributed by atoms with van der Waals surface area (Å²) in [6, 6.07) is 15.3. The van der Waals surface area contributed by atoms with Crippen molar-refractivity contribution in [3.8, 4) is 0 Å². The molecule has 2 aromatic carbocycles. The lowest BCUT2D eigenvalue weighted by Crippen LogP contribution is -2.41. The highest BCUT2D eigenvalue weighted by molar-refractivity contribution is 6.56. The number of hydrogen-bond donors (Lipinski definition) is 2. The molecule has 3 N–H and O–H groups in total. The number of carbonyl (C=O) groups excluding carboxylic acids is 1. The molecule has 164 valence electrons. The van der Waals surface area contributed by atoms with Gasteiger partial charge in [0.05, 0.1) is 11.2 Å². The summed E-state index contributed by atoms with van der Waals surface area (Å²) in [7, 11) is -0.597. The molecule has 31 heavy (non-hydrogen) atoms. The zero-order valence-corrected chi connectivity index (χ0v) is 18.9. The van der Waals surface area contributed by atoms with Gasteiger partial charge in [-0.3, -0.25) is 0 Å². The van der Waals surface area contributed by atoms with E-state index in [1.54, 1.807) is 0 Å². The van der Waals surface area contributed by atoms with Gasteiger partial charge in [0.25, 0.3) is 0 Å². The van der Waals surface area contributed by atoms with Crippen molar-refractivity contribution in [1.82, 2.24) is 5.32 Å². The van der Waals surface area contributed by atoms with E-state index in [0.717, 1.165) is 22.2 Å². The Bertz CT molecular complexity index is 941. The molecule has 0 atom stereocenters. The van der Waals surface area contributed by atoms with Gasteiger partial charge in [-0.15, -0.1) is 0 Å². The largest absolute Gasteiger partial charge is 0.492 e. The molecule has 1 fully saturated rings. The first kappa shape index (κ1) is 22.9. The average molecular weight is 422 g/mol. The van der Waals surface area contributed by atoms with E-state index in [1.807, 2.05) is 89.2 Å². The van der Waals surface area contributed by atoms with Gasteiger partial charge in [0.1, 0.15) is 6.61 Å². The first-order valence-electron chi connectivity index (χ1n) is 10.4. The van der Waals surface area contributed by atoms with Gasteiger partial charge in [-0.1, -0.05) is 42.5 Å². The highest BCUT2D eigenvalue weighted by Crippen LogP contribution is 2.38. The summed E-state index contributed by atoms with van der Waals surface area (Å²) in [5.41, 5.74) is 9.38. The molecule has 0 unspecified atom stereocenters. The molecule has 0 bridgehead atoms. The number of rotatable bonds is 6. The number of anilines is 1. The number of aryl methyl sites for hydroxylation is 1. The summed E-state index contributed by atoms with van der Waals surface area (Å²) in [6.07, 6.45) is 1.46. The molecule has 3 rings (SSSR count). The second-order valence-corrected chi connectivity index (χ2v) is 8.84. The molecule has 1 aliphatic rings. The monoisotopic (exact) mass is 422 g/mol. The number of alkyl carbamates (subject to hydrolysis) is 1. The van der Waals surface area contributed by atoms with Gasteiger partial charge in [0.2, 0.25) is 0 Å². The standard InChI is InChI=1S/C24H31BN2O4/c1-17-11-12-21(26)14-19(17)13-20(25-30-23(2,3)24(4,5)31-25)15-27-22(28)29-16-18-9-7-6-8-10-18/h6-14H,15-16,26H2,1-5H3,(H,27,28). The van der Waals surface area contributed by atoms with E-state index in [4.69, 9.17) is 19.8 Å². The zero-order valence-electron chi connectivity index (χ0n) is 18.9. The number of nitrogen functional groups attached to an aromatic ring is 1. The second kappa shape index (κ2) is 9.16. The molecule has 0 radical (unpaired) electrons. The Morgan fingerprint density at radius 2 is 1.74 bits per heavy atom. The minimum Gasteiger partial charge on any atom is -0.445 e. The Labute approximate surface area is 184 Å². The number of amides is 1. The summed E-state index contributed by atoms with van der Waals surface area (Å²) in [6.45, 7) is 10.4. The van der Waals surface area contributed by atoms with Gasteiger partial charge in [0.15, 0.2) is 0 Å². The molecule has 0 saturated carbocycles. The lowest BCUT2D eigenvalue weighted by molar-refractivity contribution is 0.00578. The van der Waals surface area contributed by atoms with Crippen LogP contribution in [0.2, 0.25) is 0 Å². The Balaban J connectivity index is 1.75. The van der Waals surface area contributed by atoms with Crippen LogP contribution < -0.4 is 11.1 Å². The van der Waals surface area contributed by atoms with Crippen molar-refractivity contribution in [2.75, 3.05) is 12.3 Å². The molecule has 7 heteroatoms. The molecule has 0 aliphatic carbocycles. The molecule has 1 amide bonds. The van der Waals surface area contributed by atoms with E-state index < -0.39 is 24.4 Å². The molecule has 6 nitrogen and oxygen atoms in total. The Morgan fingerprint density at radius 3 is 2.39 bits per heavy atom. The van der Waals surface area contributed by atoms with Gasteiger partial charge in [0, 0.05) is 12.2 Å². The lowest BCUT2D eigenvalue weighted by atomic mass is 9.76. The molecule has 0 spiro atoms. The van der Waals surface area contributed by atoms with Gasteiger partial charge < -0.3 is 25.1 Å². The van der Waals surface area contributed by atoms with Crippen LogP contribution >= 0.6 is 0 Å². The van der Waals surface area contributed by atoms with E-state index >= 15 is 0 Å². The quantitative estimate of drug-likeness (QED) is 0.529. The van der Waals surface area contributed by atoms with Crippen molar-refractivity contribution >= 4 is 25.0 Å². The first-order valence-corrected chi connectivity index (χ1v) is 10.4. The predicted molar refractivity (Wildman–Crippen MR) is 124 cm³/mol. The molecular formula is C24H31BN2O4. The Kier molecular flexibility index (Phi) is 6.77. The number of ether oxygens (including phenoxy) is 1. The molecule has 2 aromatic rings. The van der Waals surface area contributed by atoms with Crippen molar-refractivity contribution in [3.05, 3.63) is 70.7 Å². The Hall–Kier alpha value is -2.77. The number of hydrogen-bond acceptors (Lipinski definition) is 5. The van der Waals surface area contributed by atoms with Crippen molar-refractivity contribution in [2.24, 2.45) is 0 Å². The fraction of sp³-hybridized carbons (Fsp3) is 0.375. The minimum atomic E-state index is -0.597. The van der Waals surface area contributed by atoms with Crippen molar-refractivity contribution in [2.45, 2.75) is 52.4 Å². The number of carbonyl (C=O) groups is 1. The van der Waals surface area contributed by atoms with Crippen LogP contribution in [0.25, 0.3) is 6.08 Å². The van der Waals surface area contributed by atoms with Crippen LogP contribution in [0.15, 0.2) is 54.0 Å². The van der Waals surface area contributed by atoms with Crippen LogP contribution in [-0.2, 0) is 20.7 Å². The van der Waals surface area contributed by atoms with E-state index in [1.165, 1.54) is 0 Å². The summed E-state index contributed by atoms with van der Waals surface area (Å²) in [5.74, 6) is 0. The van der Waals surface area contributed by atoms with Crippen LogP contribution in [-0.4, -0.2) is 31.0 Å². The number of benzene rings is 2. The number of nitrogens with two attached hydrogens (primary N) is 1. The number of nitrogens with one attached hydrogen (secondary N) is 1. The fourth-order valence-electron chi connectivity index (χ4n) is 3.16. The van der Waals surface area contributed by atoms with E-state index in [0.29, 0.717) is 5.69 Å². The van der Waals surface area contributed by atoms with Gasteiger partial charge in [-0.2, -0.15) is 0 Å². The maximum Gasteiger partial charge on any atom is 0.492 e. The predicted octanol–water partition coefficient (Wildman–Crippen LogP) is 4.52. The van der Waals surface area contributed by atoms with Gasteiger partial charge in [-0.05, 0) is 68.9 Å². The third-order valence-electron chi connectivity index (χ3n) is 5.85. The zero-order chi connectivity index (χ0) is 22.6. The summed E-state index contributed by atoms with van der Waals surface area (Å²) >= 11 is 0. The third-order valence-corrected chi connectivity index (χ3v) is 5.85. The molecule has 0 aromatic heterocycles. The van der Waals surface area contributed by atoms with Crippen LogP contribution in [0.5, 0.6) is 0 Å². The normalized spacial score (nSPS) is 17.5. The molecular weight excluding hydrogens is 391 g/mol. The second-order valence-electron chi connectivity index (χ2n) is 8.84. The Morgan fingerprint density at radius 1 is 1.10 bits per heavy atom. The maximum absolute atomic E-state index is 12.3. The lowest BCUT2D eigenvalue weighted by Gasteiger charge is -2.32. The maximum atomic E-state index is 12.3. The molecule has 1 heterocycles. The van der Waals surface area contributed by atoms with Crippen LogP contribution in [0.4, 0.5) is 10.5 Å². The van der Waals surface area contributed by atoms with E-state index in [2.05, 4.69) is 5.32 Å². The van der Waals surface area contributed by atoms with E-state index in [-0.39, 0.29) is 13.2 Å². The van der Waals surface area contributed by atoms with Gasteiger partial charge in [-0.25, -0.2) is 4.79 Å². The summed E-state index contributed by atoms with van der Waals surface area (Å²) in [5, 5.41) is 2.82. The molecule has 1 aliphatic heterocycles. The SMILES string of the molecule is Cc1ccc(N)cc1C=C(CNC(=O)OCc1ccccc1)B1OC(C)(C)C(C)(C)O1.